The zero-order chi connectivity index (χ0) is 13.1. The molecule has 1 aromatic heterocycles. The summed E-state index contributed by atoms with van der Waals surface area (Å²) in [4.78, 5) is 4.12. The first-order valence-corrected chi connectivity index (χ1v) is 6.79. The van der Waals surface area contributed by atoms with Crippen LogP contribution in [0.3, 0.4) is 0 Å². The molecule has 0 bridgehead atoms. The van der Waals surface area contributed by atoms with Crippen molar-refractivity contribution in [3.05, 3.63) is 41.5 Å². The van der Waals surface area contributed by atoms with E-state index in [9.17, 15) is 0 Å². The Morgan fingerprint density at radius 1 is 1.42 bits per heavy atom. The predicted molar refractivity (Wildman–Crippen MR) is 74.6 cm³/mol. The number of rotatable bonds is 5. The van der Waals surface area contributed by atoms with Gasteiger partial charge in [0.05, 0.1) is 0 Å². The Balaban J connectivity index is 1.50. The number of nitrogens with zero attached hydrogens (tertiary/aromatic N) is 2. The highest BCUT2D eigenvalue weighted by Gasteiger charge is 2.21. The lowest BCUT2D eigenvalue weighted by Crippen LogP contribution is -2.21. The van der Waals surface area contributed by atoms with E-state index in [4.69, 9.17) is 5.73 Å². The number of anilines is 1. The van der Waals surface area contributed by atoms with E-state index in [0.29, 0.717) is 6.04 Å². The molecule has 0 saturated heterocycles. The maximum atomic E-state index is 5.82. The van der Waals surface area contributed by atoms with Crippen LogP contribution in [-0.4, -0.2) is 21.7 Å². The fourth-order valence-electron chi connectivity index (χ4n) is 2.73. The lowest BCUT2D eigenvalue weighted by atomic mass is 10.1. The van der Waals surface area contributed by atoms with Gasteiger partial charge < -0.3 is 11.1 Å². The first kappa shape index (κ1) is 12.2. The van der Waals surface area contributed by atoms with E-state index >= 15 is 0 Å². The molecule has 0 aliphatic heterocycles. The maximum absolute atomic E-state index is 5.82. The minimum Gasteiger partial charge on any atom is -0.399 e. The number of hydrogen-bond acceptors (Lipinski definition) is 4. The SMILES string of the molecule is Nc1ccc2c(c1)CCC2NCCCc1ncn[nH]1. The summed E-state index contributed by atoms with van der Waals surface area (Å²) in [6, 6.07) is 6.73. The fraction of sp³-hybridized carbons (Fsp3) is 0.429. The van der Waals surface area contributed by atoms with Crippen molar-refractivity contribution >= 4 is 5.69 Å². The molecule has 100 valence electrons. The summed E-state index contributed by atoms with van der Waals surface area (Å²) < 4.78 is 0. The zero-order valence-electron chi connectivity index (χ0n) is 10.9. The Hall–Kier alpha value is -1.88. The van der Waals surface area contributed by atoms with E-state index in [0.717, 1.165) is 37.3 Å². The van der Waals surface area contributed by atoms with Gasteiger partial charge in [-0.05, 0) is 49.1 Å². The van der Waals surface area contributed by atoms with Crippen molar-refractivity contribution in [3.8, 4) is 0 Å². The molecule has 0 spiro atoms. The quantitative estimate of drug-likeness (QED) is 0.561. The first-order valence-electron chi connectivity index (χ1n) is 6.79. The van der Waals surface area contributed by atoms with Gasteiger partial charge in [-0.1, -0.05) is 6.07 Å². The molecule has 4 N–H and O–H groups in total. The van der Waals surface area contributed by atoms with Gasteiger partial charge in [0.15, 0.2) is 0 Å². The molecule has 0 radical (unpaired) electrons. The fourth-order valence-corrected chi connectivity index (χ4v) is 2.73. The Morgan fingerprint density at radius 3 is 3.21 bits per heavy atom. The van der Waals surface area contributed by atoms with Crippen molar-refractivity contribution in [2.24, 2.45) is 0 Å². The molecule has 2 aromatic rings. The molecular weight excluding hydrogens is 238 g/mol. The molecule has 5 heteroatoms. The van der Waals surface area contributed by atoms with Crippen LogP contribution in [0, 0.1) is 0 Å². The molecule has 1 atom stereocenters. The van der Waals surface area contributed by atoms with E-state index in [1.807, 2.05) is 6.07 Å². The average Bonchev–Trinajstić information content (AvgIpc) is 3.03. The number of H-pyrrole nitrogens is 1. The summed E-state index contributed by atoms with van der Waals surface area (Å²) in [5, 5.41) is 10.3. The third-order valence-corrected chi connectivity index (χ3v) is 3.69. The largest absolute Gasteiger partial charge is 0.399 e. The molecule has 0 saturated carbocycles. The van der Waals surface area contributed by atoms with Gasteiger partial charge in [0, 0.05) is 18.2 Å². The molecule has 19 heavy (non-hydrogen) atoms. The number of nitrogen functional groups attached to an aromatic ring is 1. The molecule has 1 aliphatic rings. The third kappa shape index (κ3) is 2.76. The average molecular weight is 257 g/mol. The minimum absolute atomic E-state index is 0.477. The topological polar surface area (TPSA) is 79.6 Å². The number of benzene rings is 1. The van der Waals surface area contributed by atoms with Crippen LogP contribution in [-0.2, 0) is 12.8 Å². The summed E-state index contributed by atoms with van der Waals surface area (Å²) >= 11 is 0. The van der Waals surface area contributed by atoms with Gasteiger partial charge in [-0.25, -0.2) is 4.98 Å². The molecule has 1 aromatic carbocycles. The van der Waals surface area contributed by atoms with Gasteiger partial charge in [-0.2, -0.15) is 5.10 Å². The van der Waals surface area contributed by atoms with E-state index in [-0.39, 0.29) is 0 Å². The number of fused-ring (bicyclic) bond motifs is 1. The van der Waals surface area contributed by atoms with Crippen LogP contribution in [0.2, 0.25) is 0 Å². The van der Waals surface area contributed by atoms with Gasteiger partial charge in [0.2, 0.25) is 0 Å². The van der Waals surface area contributed by atoms with Crippen molar-refractivity contribution in [2.45, 2.75) is 31.7 Å². The predicted octanol–water partition coefficient (Wildman–Crippen LogP) is 1.60. The molecular formula is C14H19N5. The van der Waals surface area contributed by atoms with Crippen molar-refractivity contribution in [3.63, 3.8) is 0 Å². The normalized spacial score (nSPS) is 17.6. The Bertz CT molecular complexity index is 535. The Kier molecular flexibility index (Phi) is 3.46. The van der Waals surface area contributed by atoms with E-state index in [1.165, 1.54) is 17.5 Å². The lowest BCUT2D eigenvalue weighted by molar-refractivity contribution is 0.518. The monoisotopic (exact) mass is 257 g/mol. The number of nitrogens with two attached hydrogens (primary N) is 1. The highest BCUT2D eigenvalue weighted by molar-refractivity contribution is 5.47. The molecule has 1 unspecified atom stereocenters. The smallest absolute Gasteiger partial charge is 0.137 e. The zero-order valence-corrected chi connectivity index (χ0v) is 10.9. The van der Waals surface area contributed by atoms with E-state index in [1.54, 1.807) is 6.33 Å². The molecule has 0 fully saturated rings. The van der Waals surface area contributed by atoms with Gasteiger partial charge in [0.25, 0.3) is 0 Å². The Morgan fingerprint density at radius 2 is 2.37 bits per heavy atom. The number of aromatic amines is 1. The molecule has 3 rings (SSSR count). The van der Waals surface area contributed by atoms with Crippen molar-refractivity contribution in [2.75, 3.05) is 12.3 Å². The standard InChI is InChI=1S/C14H19N5/c15-11-4-5-12-10(8-11)3-6-13(12)16-7-1-2-14-17-9-18-19-14/h4-5,8-9,13,16H,1-3,6-7,15H2,(H,17,18,19). The van der Waals surface area contributed by atoms with Crippen LogP contribution >= 0.6 is 0 Å². The van der Waals surface area contributed by atoms with Crippen molar-refractivity contribution in [1.29, 1.82) is 0 Å². The number of hydrogen-bond donors (Lipinski definition) is 3. The van der Waals surface area contributed by atoms with Crippen LogP contribution < -0.4 is 11.1 Å². The van der Waals surface area contributed by atoms with Crippen molar-refractivity contribution < 1.29 is 0 Å². The first-order chi connectivity index (χ1) is 9.33. The van der Waals surface area contributed by atoms with E-state index < -0.39 is 0 Å². The second kappa shape index (κ2) is 5.40. The van der Waals surface area contributed by atoms with Crippen LogP contribution in [0.25, 0.3) is 0 Å². The van der Waals surface area contributed by atoms with Crippen LogP contribution in [0.4, 0.5) is 5.69 Å². The maximum Gasteiger partial charge on any atom is 0.137 e. The van der Waals surface area contributed by atoms with Crippen molar-refractivity contribution in [1.82, 2.24) is 20.5 Å². The highest BCUT2D eigenvalue weighted by Crippen LogP contribution is 2.32. The summed E-state index contributed by atoms with van der Waals surface area (Å²) in [7, 11) is 0. The van der Waals surface area contributed by atoms with Crippen LogP contribution in [0.1, 0.15) is 35.8 Å². The summed E-state index contributed by atoms with van der Waals surface area (Å²) in [5.74, 6) is 0.960. The van der Waals surface area contributed by atoms with Crippen LogP contribution in [0.15, 0.2) is 24.5 Å². The van der Waals surface area contributed by atoms with Gasteiger partial charge in [-0.15, -0.1) is 0 Å². The second-order valence-electron chi connectivity index (χ2n) is 5.04. The second-order valence-corrected chi connectivity index (χ2v) is 5.04. The van der Waals surface area contributed by atoms with Gasteiger partial charge >= 0.3 is 0 Å². The molecule has 0 amide bonds. The molecule has 1 aliphatic carbocycles. The molecule has 1 heterocycles. The number of aromatic nitrogens is 3. The van der Waals surface area contributed by atoms with Gasteiger partial charge in [-0.3, -0.25) is 5.10 Å². The van der Waals surface area contributed by atoms with Gasteiger partial charge in [0.1, 0.15) is 12.2 Å². The Labute approximate surface area is 112 Å². The summed E-state index contributed by atoms with van der Waals surface area (Å²) in [6.07, 6.45) is 5.85. The van der Waals surface area contributed by atoms with E-state index in [2.05, 4.69) is 32.6 Å². The number of aryl methyl sites for hydroxylation is 2. The summed E-state index contributed by atoms with van der Waals surface area (Å²) in [6.45, 7) is 0.995. The lowest BCUT2D eigenvalue weighted by Gasteiger charge is -2.13. The third-order valence-electron chi connectivity index (χ3n) is 3.69. The minimum atomic E-state index is 0.477. The molecule has 5 nitrogen and oxygen atoms in total. The van der Waals surface area contributed by atoms with Crippen LogP contribution in [0.5, 0.6) is 0 Å². The highest BCUT2D eigenvalue weighted by atomic mass is 15.2. The number of nitrogens with one attached hydrogen (secondary N) is 2. The summed E-state index contributed by atoms with van der Waals surface area (Å²) in [5.41, 5.74) is 9.49.